The molecule has 0 rings (SSSR count). The highest BCUT2D eigenvalue weighted by Gasteiger charge is 2.16. The standard InChI is InChI=1S/C13H28O4/c1-3-4-5-6-7-8-13(11(2)15)17-10-12(16)9-14/h11-16H,3-10H2,1-2H3. The molecule has 0 aromatic carbocycles. The summed E-state index contributed by atoms with van der Waals surface area (Å²) < 4.78 is 5.40. The van der Waals surface area contributed by atoms with Crippen LogP contribution in [0.25, 0.3) is 0 Å². The molecule has 0 aliphatic carbocycles. The number of ether oxygens (including phenoxy) is 1. The van der Waals surface area contributed by atoms with Gasteiger partial charge in [-0.3, -0.25) is 0 Å². The lowest BCUT2D eigenvalue weighted by Gasteiger charge is -2.21. The van der Waals surface area contributed by atoms with Gasteiger partial charge in [0.05, 0.1) is 25.4 Å². The average molecular weight is 248 g/mol. The molecule has 17 heavy (non-hydrogen) atoms. The minimum absolute atomic E-state index is 0.0844. The van der Waals surface area contributed by atoms with Crippen LogP contribution < -0.4 is 0 Å². The third kappa shape index (κ3) is 9.53. The van der Waals surface area contributed by atoms with Gasteiger partial charge in [0.1, 0.15) is 6.10 Å². The van der Waals surface area contributed by atoms with E-state index in [0.29, 0.717) is 0 Å². The van der Waals surface area contributed by atoms with E-state index in [0.717, 1.165) is 19.3 Å². The number of hydrogen-bond donors (Lipinski definition) is 3. The first-order chi connectivity index (χ1) is 8.11. The molecule has 0 spiro atoms. The normalized spacial score (nSPS) is 16.8. The zero-order valence-corrected chi connectivity index (χ0v) is 11.1. The van der Waals surface area contributed by atoms with Crippen LogP contribution in [-0.4, -0.2) is 46.8 Å². The van der Waals surface area contributed by atoms with Crippen molar-refractivity contribution in [1.29, 1.82) is 0 Å². The maximum atomic E-state index is 9.53. The molecule has 4 heteroatoms. The Labute approximate surface area is 105 Å². The number of aliphatic hydroxyl groups is 3. The molecular weight excluding hydrogens is 220 g/mol. The predicted octanol–water partition coefficient (Wildman–Crippen LogP) is 1.47. The van der Waals surface area contributed by atoms with E-state index in [2.05, 4.69) is 6.92 Å². The van der Waals surface area contributed by atoms with Crippen LogP contribution in [0.5, 0.6) is 0 Å². The molecule has 3 unspecified atom stereocenters. The number of hydrogen-bond acceptors (Lipinski definition) is 4. The summed E-state index contributed by atoms with van der Waals surface area (Å²) in [6, 6.07) is 0. The van der Waals surface area contributed by atoms with Crippen molar-refractivity contribution in [2.75, 3.05) is 13.2 Å². The topological polar surface area (TPSA) is 69.9 Å². The van der Waals surface area contributed by atoms with Crippen LogP contribution in [0.2, 0.25) is 0 Å². The minimum Gasteiger partial charge on any atom is -0.394 e. The van der Waals surface area contributed by atoms with Crippen molar-refractivity contribution in [2.24, 2.45) is 0 Å². The molecule has 0 radical (unpaired) electrons. The van der Waals surface area contributed by atoms with Crippen molar-refractivity contribution in [1.82, 2.24) is 0 Å². The van der Waals surface area contributed by atoms with Crippen LogP contribution in [0.1, 0.15) is 52.4 Å². The fourth-order valence-electron chi connectivity index (χ4n) is 1.70. The monoisotopic (exact) mass is 248 g/mol. The molecule has 0 aliphatic heterocycles. The van der Waals surface area contributed by atoms with Crippen molar-refractivity contribution in [2.45, 2.75) is 70.7 Å². The molecule has 104 valence electrons. The Kier molecular flexibility index (Phi) is 10.9. The van der Waals surface area contributed by atoms with Crippen molar-refractivity contribution < 1.29 is 20.1 Å². The second-order valence-electron chi connectivity index (χ2n) is 4.65. The second kappa shape index (κ2) is 11.0. The van der Waals surface area contributed by atoms with E-state index in [1.54, 1.807) is 6.92 Å². The van der Waals surface area contributed by atoms with Gasteiger partial charge in [-0.15, -0.1) is 0 Å². The van der Waals surface area contributed by atoms with Gasteiger partial charge in [0.2, 0.25) is 0 Å². The molecule has 0 saturated carbocycles. The smallest absolute Gasteiger partial charge is 0.100 e. The summed E-state index contributed by atoms with van der Waals surface area (Å²) in [5, 5.41) is 27.4. The maximum absolute atomic E-state index is 9.53. The van der Waals surface area contributed by atoms with Crippen LogP contribution >= 0.6 is 0 Å². The van der Waals surface area contributed by atoms with Crippen LogP contribution in [0.4, 0.5) is 0 Å². The van der Waals surface area contributed by atoms with Crippen molar-refractivity contribution in [3.8, 4) is 0 Å². The van der Waals surface area contributed by atoms with Gasteiger partial charge in [0.15, 0.2) is 0 Å². The van der Waals surface area contributed by atoms with Gasteiger partial charge in [-0.05, 0) is 13.3 Å². The lowest BCUT2D eigenvalue weighted by molar-refractivity contribution is -0.0735. The van der Waals surface area contributed by atoms with Gasteiger partial charge >= 0.3 is 0 Å². The summed E-state index contributed by atoms with van der Waals surface area (Å²) in [7, 11) is 0. The first-order valence-electron chi connectivity index (χ1n) is 6.70. The summed E-state index contributed by atoms with van der Waals surface area (Å²) in [5.74, 6) is 0. The fourth-order valence-corrected chi connectivity index (χ4v) is 1.70. The lowest BCUT2D eigenvalue weighted by atomic mass is 10.1. The number of unbranched alkanes of at least 4 members (excludes halogenated alkanes) is 4. The molecule has 0 aromatic heterocycles. The van der Waals surface area contributed by atoms with E-state index in [1.807, 2.05) is 0 Å². The molecule has 3 atom stereocenters. The van der Waals surface area contributed by atoms with Gasteiger partial charge in [0, 0.05) is 0 Å². The van der Waals surface area contributed by atoms with Crippen molar-refractivity contribution in [3.05, 3.63) is 0 Å². The Morgan fingerprint density at radius 2 is 1.71 bits per heavy atom. The Morgan fingerprint density at radius 3 is 2.24 bits per heavy atom. The van der Waals surface area contributed by atoms with E-state index in [-0.39, 0.29) is 19.3 Å². The van der Waals surface area contributed by atoms with E-state index < -0.39 is 12.2 Å². The van der Waals surface area contributed by atoms with Crippen LogP contribution in [0, 0.1) is 0 Å². The second-order valence-corrected chi connectivity index (χ2v) is 4.65. The minimum atomic E-state index is -0.851. The first-order valence-corrected chi connectivity index (χ1v) is 6.70. The Hall–Kier alpha value is -0.160. The van der Waals surface area contributed by atoms with Gasteiger partial charge in [0.25, 0.3) is 0 Å². The lowest BCUT2D eigenvalue weighted by Crippen LogP contribution is -2.31. The molecule has 0 saturated heterocycles. The van der Waals surface area contributed by atoms with E-state index in [9.17, 15) is 10.2 Å². The molecule has 0 bridgehead atoms. The van der Waals surface area contributed by atoms with Gasteiger partial charge in [-0.25, -0.2) is 0 Å². The average Bonchev–Trinajstić information content (AvgIpc) is 2.31. The highest BCUT2D eigenvalue weighted by Crippen LogP contribution is 2.12. The van der Waals surface area contributed by atoms with Gasteiger partial charge < -0.3 is 20.1 Å². The third-order valence-electron chi connectivity index (χ3n) is 2.84. The first kappa shape index (κ1) is 16.8. The molecule has 3 N–H and O–H groups in total. The SMILES string of the molecule is CCCCCCCC(OCC(O)CO)C(C)O. The fraction of sp³-hybridized carbons (Fsp3) is 1.00. The Balaban J connectivity index is 3.67. The Morgan fingerprint density at radius 1 is 1.06 bits per heavy atom. The third-order valence-corrected chi connectivity index (χ3v) is 2.84. The van der Waals surface area contributed by atoms with Gasteiger partial charge in [-0.2, -0.15) is 0 Å². The molecular formula is C13H28O4. The summed E-state index contributed by atoms with van der Waals surface area (Å²) in [4.78, 5) is 0. The van der Waals surface area contributed by atoms with Crippen LogP contribution in [0.3, 0.4) is 0 Å². The summed E-state index contributed by atoms with van der Waals surface area (Å²) in [6.45, 7) is 3.66. The van der Waals surface area contributed by atoms with E-state index >= 15 is 0 Å². The molecule has 0 aliphatic rings. The number of rotatable bonds is 11. The summed E-state index contributed by atoms with van der Waals surface area (Å²) in [6.07, 6.45) is 5.07. The highest BCUT2D eigenvalue weighted by atomic mass is 16.5. The molecule has 4 nitrogen and oxygen atoms in total. The number of aliphatic hydroxyl groups excluding tert-OH is 3. The van der Waals surface area contributed by atoms with E-state index in [1.165, 1.54) is 19.3 Å². The van der Waals surface area contributed by atoms with Gasteiger partial charge in [-0.1, -0.05) is 39.0 Å². The van der Waals surface area contributed by atoms with Crippen molar-refractivity contribution in [3.63, 3.8) is 0 Å². The largest absolute Gasteiger partial charge is 0.394 e. The quantitative estimate of drug-likeness (QED) is 0.484. The summed E-state index contributed by atoms with van der Waals surface area (Å²) >= 11 is 0. The molecule has 0 heterocycles. The molecule has 0 aromatic rings. The van der Waals surface area contributed by atoms with Crippen LogP contribution in [0.15, 0.2) is 0 Å². The molecule has 0 fully saturated rings. The molecule has 0 amide bonds. The highest BCUT2D eigenvalue weighted by molar-refractivity contribution is 4.66. The van der Waals surface area contributed by atoms with E-state index in [4.69, 9.17) is 9.84 Å². The van der Waals surface area contributed by atoms with Crippen LogP contribution in [-0.2, 0) is 4.74 Å². The summed E-state index contributed by atoms with van der Waals surface area (Å²) in [5.41, 5.74) is 0. The predicted molar refractivity (Wildman–Crippen MR) is 67.9 cm³/mol. The Bertz CT molecular complexity index is 161. The maximum Gasteiger partial charge on any atom is 0.100 e. The zero-order chi connectivity index (χ0) is 13.1. The zero-order valence-electron chi connectivity index (χ0n) is 11.1. The van der Waals surface area contributed by atoms with Crippen molar-refractivity contribution >= 4 is 0 Å².